The average molecular weight is 429 g/mol. The lowest BCUT2D eigenvalue weighted by Gasteiger charge is -2.28. The summed E-state index contributed by atoms with van der Waals surface area (Å²) >= 11 is 0.971. The minimum absolute atomic E-state index is 0.0490. The van der Waals surface area contributed by atoms with E-state index in [-0.39, 0.29) is 17.0 Å². The molecule has 1 unspecified atom stereocenters. The summed E-state index contributed by atoms with van der Waals surface area (Å²) in [6.07, 6.45) is -4.45. The van der Waals surface area contributed by atoms with Crippen molar-refractivity contribution in [2.45, 2.75) is 23.1 Å². The van der Waals surface area contributed by atoms with Gasteiger partial charge >= 0.3 is 6.18 Å². The standard InChI is InChI=1S/C18H22F3N5O2S/c1-24(2)15(27)14(13-6-4-3-5-7-13)29-17-23-22-16(25-8-10-28-11-9-25)26(17)12-18(19,20)21/h3-7,14H,8-12H2,1-2H3. The van der Waals surface area contributed by atoms with Crippen molar-refractivity contribution < 1.29 is 22.7 Å². The van der Waals surface area contributed by atoms with Gasteiger partial charge in [0, 0.05) is 27.2 Å². The number of thioether (sulfide) groups is 1. The molecule has 1 atom stereocenters. The van der Waals surface area contributed by atoms with Gasteiger partial charge in [0.15, 0.2) is 5.16 Å². The highest BCUT2D eigenvalue weighted by molar-refractivity contribution is 8.00. The van der Waals surface area contributed by atoms with Crippen molar-refractivity contribution in [2.24, 2.45) is 0 Å². The highest BCUT2D eigenvalue weighted by Crippen LogP contribution is 2.38. The van der Waals surface area contributed by atoms with Crippen LogP contribution in [0.4, 0.5) is 19.1 Å². The Morgan fingerprint density at radius 1 is 1.21 bits per heavy atom. The maximum Gasteiger partial charge on any atom is 0.406 e. The van der Waals surface area contributed by atoms with E-state index >= 15 is 0 Å². The second-order valence-electron chi connectivity index (χ2n) is 6.72. The van der Waals surface area contributed by atoms with Crippen LogP contribution < -0.4 is 4.90 Å². The van der Waals surface area contributed by atoms with Crippen molar-refractivity contribution in [2.75, 3.05) is 45.3 Å². The summed E-state index contributed by atoms with van der Waals surface area (Å²) in [6.45, 7) is 0.450. The summed E-state index contributed by atoms with van der Waals surface area (Å²) in [5, 5.41) is 7.33. The number of morpholine rings is 1. The van der Waals surface area contributed by atoms with Crippen LogP contribution in [0.25, 0.3) is 0 Å². The first kappa shape index (κ1) is 21.4. The molecule has 1 aromatic heterocycles. The molecule has 2 aromatic rings. The number of hydrogen-bond donors (Lipinski definition) is 0. The van der Waals surface area contributed by atoms with Gasteiger partial charge in [-0.15, -0.1) is 10.2 Å². The summed E-state index contributed by atoms with van der Waals surface area (Å²) in [6, 6.07) is 8.92. The molecule has 158 valence electrons. The van der Waals surface area contributed by atoms with E-state index in [1.54, 1.807) is 43.3 Å². The predicted octanol–water partition coefficient (Wildman–Crippen LogP) is 2.60. The van der Waals surface area contributed by atoms with Gasteiger partial charge in [-0.1, -0.05) is 42.1 Å². The smallest absolute Gasteiger partial charge is 0.378 e. The first-order valence-electron chi connectivity index (χ1n) is 9.01. The molecule has 1 aliphatic rings. The number of rotatable bonds is 6. The van der Waals surface area contributed by atoms with E-state index in [0.29, 0.717) is 31.9 Å². The van der Waals surface area contributed by atoms with Crippen LogP contribution in [0.3, 0.4) is 0 Å². The number of likely N-dealkylation sites (N-methyl/N-ethyl adjacent to an activating group) is 1. The number of amides is 1. The Morgan fingerprint density at radius 3 is 2.45 bits per heavy atom. The minimum atomic E-state index is -4.45. The zero-order valence-corrected chi connectivity index (χ0v) is 16.9. The van der Waals surface area contributed by atoms with Gasteiger partial charge in [-0.25, -0.2) is 0 Å². The summed E-state index contributed by atoms with van der Waals surface area (Å²) in [4.78, 5) is 15.9. The second kappa shape index (κ2) is 9.04. The Bertz CT molecular complexity index is 823. The molecule has 0 aliphatic carbocycles. The number of anilines is 1. The molecule has 0 saturated carbocycles. The fourth-order valence-corrected chi connectivity index (χ4v) is 4.09. The molecule has 11 heteroatoms. The normalized spacial score (nSPS) is 16.0. The van der Waals surface area contributed by atoms with Crippen LogP contribution in [0.2, 0.25) is 0 Å². The molecule has 1 fully saturated rings. The van der Waals surface area contributed by atoms with E-state index < -0.39 is 18.0 Å². The van der Waals surface area contributed by atoms with E-state index in [2.05, 4.69) is 10.2 Å². The van der Waals surface area contributed by atoms with Crippen LogP contribution in [0.1, 0.15) is 10.8 Å². The number of alkyl halides is 3. The molecule has 2 heterocycles. The largest absolute Gasteiger partial charge is 0.406 e. The predicted molar refractivity (Wildman–Crippen MR) is 103 cm³/mol. The van der Waals surface area contributed by atoms with Crippen molar-refractivity contribution in [1.29, 1.82) is 0 Å². The van der Waals surface area contributed by atoms with Crippen LogP contribution in [0.5, 0.6) is 0 Å². The lowest BCUT2D eigenvalue weighted by Crippen LogP contribution is -2.38. The van der Waals surface area contributed by atoms with Crippen LogP contribution in [0, 0.1) is 0 Å². The lowest BCUT2D eigenvalue weighted by molar-refractivity contribution is -0.141. The molecule has 1 amide bonds. The molecule has 1 aromatic carbocycles. The SMILES string of the molecule is CN(C)C(=O)C(Sc1nnc(N2CCOCC2)n1CC(F)(F)F)c1ccccc1. The molecule has 3 rings (SSSR count). The Balaban J connectivity index is 1.97. The first-order chi connectivity index (χ1) is 13.8. The minimum Gasteiger partial charge on any atom is -0.378 e. The van der Waals surface area contributed by atoms with E-state index in [1.807, 2.05) is 6.07 Å². The van der Waals surface area contributed by atoms with E-state index in [4.69, 9.17) is 4.74 Å². The van der Waals surface area contributed by atoms with Gasteiger partial charge in [0.1, 0.15) is 11.8 Å². The van der Waals surface area contributed by atoms with Gasteiger partial charge in [0.05, 0.1) is 13.2 Å². The van der Waals surface area contributed by atoms with Crippen molar-refractivity contribution in [3.8, 4) is 0 Å². The van der Waals surface area contributed by atoms with Gasteiger partial charge in [-0.05, 0) is 5.56 Å². The number of carbonyl (C=O) groups excluding carboxylic acids is 1. The maximum absolute atomic E-state index is 13.3. The number of benzene rings is 1. The zero-order chi connectivity index (χ0) is 21.0. The number of carbonyl (C=O) groups is 1. The van der Waals surface area contributed by atoms with Crippen molar-refractivity contribution >= 4 is 23.6 Å². The number of halogens is 3. The summed E-state index contributed by atoms with van der Waals surface area (Å²) in [7, 11) is 3.22. The molecule has 0 radical (unpaired) electrons. The highest BCUT2D eigenvalue weighted by atomic mass is 32.2. The average Bonchev–Trinajstić information content (AvgIpc) is 3.07. The third kappa shape index (κ3) is 5.41. The van der Waals surface area contributed by atoms with Crippen LogP contribution in [-0.2, 0) is 16.1 Å². The Labute approximate surface area is 170 Å². The third-order valence-corrected chi connectivity index (χ3v) is 5.54. The van der Waals surface area contributed by atoms with Crippen molar-refractivity contribution in [3.63, 3.8) is 0 Å². The fraction of sp³-hybridized carbons (Fsp3) is 0.500. The molecule has 1 aliphatic heterocycles. The topological polar surface area (TPSA) is 63.5 Å². The van der Waals surface area contributed by atoms with Crippen molar-refractivity contribution in [1.82, 2.24) is 19.7 Å². The summed E-state index contributed by atoms with van der Waals surface area (Å²) in [5.41, 5.74) is 0.686. The van der Waals surface area contributed by atoms with Crippen LogP contribution >= 0.6 is 11.8 Å². The molecule has 29 heavy (non-hydrogen) atoms. The monoisotopic (exact) mass is 429 g/mol. The van der Waals surface area contributed by atoms with Gasteiger partial charge in [-0.3, -0.25) is 9.36 Å². The zero-order valence-electron chi connectivity index (χ0n) is 16.1. The van der Waals surface area contributed by atoms with Crippen LogP contribution in [-0.4, -0.2) is 72.1 Å². The summed E-state index contributed by atoms with van der Waals surface area (Å²) < 4.78 is 46.2. The molecule has 0 bridgehead atoms. The van der Waals surface area contributed by atoms with Gasteiger partial charge in [-0.2, -0.15) is 13.2 Å². The molecule has 7 nitrogen and oxygen atoms in total. The number of nitrogens with zero attached hydrogens (tertiary/aromatic N) is 5. The Hall–Kier alpha value is -2.27. The van der Waals surface area contributed by atoms with Crippen molar-refractivity contribution in [3.05, 3.63) is 35.9 Å². The maximum atomic E-state index is 13.3. The summed E-state index contributed by atoms with van der Waals surface area (Å²) in [5.74, 6) is -0.104. The lowest BCUT2D eigenvalue weighted by atomic mass is 10.1. The molecule has 0 N–H and O–H groups in total. The molecular formula is C18H22F3N5O2S. The van der Waals surface area contributed by atoms with E-state index in [9.17, 15) is 18.0 Å². The number of ether oxygens (including phenoxy) is 1. The first-order valence-corrected chi connectivity index (χ1v) is 9.89. The van der Waals surface area contributed by atoms with E-state index in [1.165, 1.54) is 4.90 Å². The van der Waals surface area contributed by atoms with Gasteiger partial charge in [0.25, 0.3) is 0 Å². The molecule has 0 spiro atoms. The fourth-order valence-electron chi connectivity index (χ4n) is 2.91. The number of aromatic nitrogens is 3. The Kier molecular flexibility index (Phi) is 6.68. The quantitative estimate of drug-likeness (QED) is 0.658. The van der Waals surface area contributed by atoms with E-state index in [0.717, 1.165) is 16.3 Å². The number of hydrogen-bond acceptors (Lipinski definition) is 6. The van der Waals surface area contributed by atoms with Gasteiger partial charge < -0.3 is 14.5 Å². The second-order valence-corrected chi connectivity index (χ2v) is 7.80. The van der Waals surface area contributed by atoms with Gasteiger partial charge in [0.2, 0.25) is 11.9 Å². The molecular weight excluding hydrogens is 407 g/mol. The third-order valence-electron chi connectivity index (χ3n) is 4.32. The molecule has 1 saturated heterocycles. The highest BCUT2D eigenvalue weighted by Gasteiger charge is 2.34. The van der Waals surface area contributed by atoms with Crippen LogP contribution in [0.15, 0.2) is 35.5 Å². The Morgan fingerprint density at radius 2 is 1.86 bits per heavy atom.